The van der Waals surface area contributed by atoms with E-state index in [1.165, 1.54) is 11.8 Å². The van der Waals surface area contributed by atoms with Crippen LogP contribution >= 0.6 is 11.8 Å². The number of amides is 3. The van der Waals surface area contributed by atoms with E-state index in [0.29, 0.717) is 6.54 Å². The summed E-state index contributed by atoms with van der Waals surface area (Å²) in [6, 6.07) is 14.9. The standard InChI is InChI=1S/C22H27N3O3S/c1-15(2)22(28)25-19-10-6-17(7-11-19)12-23-20(26)13-29-14-21(27)24-18-8-4-16(3)5-9-18/h4-11,15H,12-14H2,1-3H3,(H,23,26)(H,24,27)(H,25,28). The monoisotopic (exact) mass is 413 g/mol. The predicted octanol–water partition coefficient (Wildman–Crippen LogP) is 3.58. The van der Waals surface area contributed by atoms with Crippen LogP contribution in [-0.2, 0) is 20.9 Å². The van der Waals surface area contributed by atoms with Crippen LogP contribution in [0.1, 0.15) is 25.0 Å². The number of hydrogen-bond acceptors (Lipinski definition) is 4. The predicted molar refractivity (Wildman–Crippen MR) is 119 cm³/mol. The fourth-order valence-electron chi connectivity index (χ4n) is 2.31. The zero-order valence-corrected chi connectivity index (χ0v) is 17.8. The van der Waals surface area contributed by atoms with Gasteiger partial charge in [0.05, 0.1) is 11.5 Å². The van der Waals surface area contributed by atoms with Gasteiger partial charge in [-0.3, -0.25) is 14.4 Å². The van der Waals surface area contributed by atoms with Gasteiger partial charge in [-0.05, 0) is 36.8 Å². The summed E-state index contributed by atoms with van der Waals surface area (Å²) in [5, 5.41) is 8.46. The summed E-state index contributed by atoms with van der Waals surface area (Å²) in [6.45, 7) is 6.05. The van der Waals surface area contributed by atoms with E-state index in [2.05, 4.69) is 16.0 Å². The second kappa shape index (κ2) is 11.3. The Morgan fingerprint density at radius 2 is 1.38 bits per heavy atom. The first-order valence-corrected chi connectivity index (χ1v) is 10.6. The first-order chi connectivity index (χ1) is 13.8. The molecule has 0 aliphatic carbocycles. The molecule has 2 aromatic rings. The van der Waals surface area contributed by atoms with E-state index in [1.54, 1.807) is 0 Å². The first kappa shape index (κ1) is 22.5. The first-order valence-electron chi connectivity index (χ1n) is 9.44. The van der Waals surface area contributed by atoms with Crippen molar-refractivity contribution in [1.82, 2.24) is 5.32 Å². The number of carbonyl (C=O) groups excluding carboxylic acids is 3. The minimum Gasteiger partial charge on any atom is -0.351 e. The Bertz CT molecular complexity index is 833. The van der Waals surface area contributed by atoms with Crippen molar-refractivity contribution >= 4 is 40.9 Å². The average Bonchev–Trinajstić information content (AvgIpc) is 2.69. The number of benzene rings is 2. The smallest absolute Gasteiger partial charge is 0.234 e. The molecule has 0 bridgehead atoms. The van der Waals surface area contributed by atoms with Gasteiger partial charge in [0.15, 0.2) is 0 Å². The number of hydrogen-bond donors (Lipinski definition) is 3. The van der Waals surface area contributed by atoms with Gasteiger partial charge in [0.2, 0.25) is 17.7 Å². The highest BCUT2D eigenvalue weighted by molar-refractivity contribution is 8.00. The fourth-order valence-corrected chi connectivity index (χ4v) is 2.96. The van der Waals surface area contributed by atoms with Crippen molar-refractivity contribution < 1.29 is 14.4 Å². The second-order valence-corrected chi connectivity index (χ2v) is 8.01. The molecule has 0 heterocycles. The van der Waals surface area contributed by atoms with E-state index in [0.717, 1.165) is 22.5 Å². The van der Waals surface area contributed by atoms with Crippen molar-refractivity contribution in [2.24, 2.45) is 5.92 Å². The van der Waals surface area contributed by atoms with Gasteiger partial charge in [-0.1, -0.05) is 43.7 Å². The van der Waals surface area contributed by atoms with Crippen molar-refractivity contribution in [1.29, 1.82) is 0 Å². The molecule has 3 amide bonds. The highest BCUT2D eigenvalue weighted by atomic mass is 32.2. The van der Waals surface area contributed by atoms with E-state index in [-0.39, 0.29) is 35.1 Å². The molecule has 0 aromatic heterocycles. The maximum absolute atomic E-state index is 12.0. The van der Waals surface area contributed by atoms with Gasteiger partial charge in [0.1, 0.15) is 0 Å². The quantitative estimate of drug-likeness (QED) is 0.586. The van der Waals surface area contributed by atoms with Crippen molar-refractivity contribution in [3.8, 4) is 0 Å². The van der Waals surface area contributed by atoms with Crippen LogP contribution in [0.5, 0.6) is 0 Å². The van der Waals surface area contributed by atoms with Crippen molar-refractivity contribution in [2.45, 2.75) is 27.3 Å². The Kier molecular flexibility index (Phi) is 8.73. The van der Waals surface area contributed by atoms with Gasteiger partial charge in [-0.25, -0.2) is 0 Å². The molecule has 2 rings (SSSR count). The molecule has 0 atom stereocenters. The summed E-state index contributed by atoms with van der Waals surface area (Å²) in [5.74, 6) is 0.0519. The molecule has 0 unspecified atom stereocenters. The fraction of sp³-hybridized carbons (Fsp3) is 0.318. The minimum absolute atomic E-state index is 0.0329. The molecule has 0 aliphatic heterocycles. The second-order valence-electron chi connectivity index (χ2n) is 7.02. The molecule has 3 N–H and O–H groups in total. The van der Waals surface area contributed by atoms with Crippen LogP contribution in [0.3, 0.4) is 0 Å². The summed E-state index contributed by atoms with van der Waals surface area (Å²) < 4.78 is 0. The van der Waals surface area contributed by atoms with Crippen molar-refractivity contribution in [3.05, 3.63) is 59.7 Å². The number of rotatable bonds is 9. The summed E-state index contributed by atoms with van der Waals surface area (Å²) in [4.78, 5) is 35.6. The molecular formula is C22H27N3O3S. The molecule has 7 heteroatoms. The molecule has 29 heavy (non-hydrogen) atoms. The topological polar surface area (TPSA) is 87.3 Å². The van der Waals surface area contributed by atoms with Crippen LogP contribution in [0.25, 0.3) is 0 Å². The lowest BCUT2D eigenvalue weighted by atomic mass is 10.1. The molecule has 6 nitrogen and oxygen atoms in total. The molecule has 0 saturated heterocycles. The third kappa shape index (κ3) is 8.39. The zero-order chi connectivity index (χ0) is 21.2. The minimum atomic E-state index is -0.134. The molecule has 0 saturated carbocycles. The van der Waals surface area contributed by atoms with Crippen LogP contribution in [0.2, 0.25) is 0 Å². The number of nitrogens with one attached hydrogen (secondary N) is 3. The van der Waals surface area contributed by atoms with Gasteiger partial charge in [0.25, 0.3) is 0 Å². The van der Waals surface area contributed by atoms with Gasteiger partial charge < -0.3 is 16.0 Å². The third-order valence-electron chi connectivity index (χ3n) is 4.04. The molecule has 0 spiro atoms. The average molecular weight is 414 g/mol. The molecule has 0 aliphatic rings. The van der Waals surface area contributed by atoms with Crippen LogP contribution in [0, 0.1) is 12.8 Å². The van der Waals surface area contributed by atoms with E-state index in [4.69, 9.17) is 0 Å². The largest absolute Gasteiger partial charge is 0.351 e. The Labute approximate surface area is 175 Å². The van der Waals surface area contributed by atoms with E-state index in [9.17, 15) is 14.4 Å². The lowest BCUT2D eigenvalue weighted by Gasteiger charge is -2.09. The Morgan fingerprint density at radius 3 is 2.00 bits per heavy atom. The Balaban J connectivity index is 1.65. The van der Waals surface area contributed by atoms with Gasteiger partial charge >= 0.3 is 0 Å². The summed E-state index contributed by atoms with van der Waals surface area (Å²) in [7, 11) is 0. The van der Waals surface area contributed by atoms with E-state index in [1.807, 2.05) is 69.3 Å². The van der Waals surface area contributed by atoms with Crippen LogP contribution in [0.4, 0.5) is 11.4 Å². The Hall–Kier alpha value is -2.80. The Morgan fingerprint density at radius 1 is 0.828 bits per heavy atom. The van der Waals surface area contributed by atoms with Gasteiger partial charge in [-0.15, -0.1) is 11.8 Å². The number of anilines is 2. The van der Waals surface area contributed by atoms with Crippen molar-refractivity contribution in [3.63, 3.8) is 0 Å². The highest BCUT2D eigenvalue weighted by Crippen LogP contribution is 2.12. The number of aryl methyl sites for hydroxylation is 1. The van der Waals surface area contributed by atoms with Crippen LogP contribution in [-0.4, -0.2) is 29.2 Å². The zero-order valence-electron chi connectivity index (χ0n) is 17.0. The maximum atomic E-state index is 12.0. The highest BCUT2D eigenvalue weighted by Gasteiger charge is 2.08. The molecule has 0 fully saturated rings. The molecular weight excluding hydrogens is 386 g/mol. The van der Waals surface area contributed by atoms with E-state index >= 15 is 0 Å². The lowest BCUT2D eigenvalue weighted by molar-refractivity contribution is -0.119. The molecule has 154 valence electrons. The lowest BCUT2D eigenvalue weighted by Crippen LogP contribution is -2.25. The number of carbonyl (C=O) groups is 3. The van der Waals surface area contributed by atoms with Crippen molar-refractivity contribution in [2.75, 3.05) is 22.1 Å². The summed E-state index contributed by atoms with van der Waals surface area (Å²) in [5.41, 5.74) is 3.54. The van der Waals surface area contributed by atoms with Crippen LogP contribution < -0.4 is 16.0 Å². The van der Waals surface area contributed by atoms with Crippen LogP contribution in [0.15, 0.2) is 48.5 Å². The molecule has 2 aromatic carbocycles. The SMILES string of the molecule is Cc1ccc(NC(=O)CSCC(=O)NCc2ccc(NC(=O)C(C)C)cc2)cc1. The van der Waals surface area contributed by atoms with Gasteiger partial charge in [0, 0.05) is 23.8 Å². The number of thioether (sulfide) groups is 1. The summed E-state index contributed by atoms with van der Waals surface area (Å²) in [6.07, 6.45) is 0. The summed E-state index contributed by atoms with van der Waals surface area (Å²) >= 11 is 1.27. The molecule has 0 radical (unpaired) electrons. The van der Waals surface area contributed by atoms with Gasteiger partial charge in [-0.2, -0.15) is 0 Å². The normalized spacial score (nSPS) is 10.5. The third-order valence-corrected chi connectivity index (χ3v) is 4.97. The maximum Gasteiger partial charge on any atom is 0.234 e. The van der Waals surface area contributed by atoms with E-state index < -0.39 is 0 Å².